The van der Waals surface area contributed by atoms with Crippen molar-refractivity contribution in [1.29, 1.82) is 0 Å². The number of hydrogen-bond acceptors (Lipinski definition) is 6. The fourth-order valence-corrected chi connectivity index (χ4v) is 3.72. The summed E-state index contributed by atoms with van der Waals surface area (Å²) in [6.07, 6.45) is 1.82. The van der Waals surface area contributed by atoms with E-state index in [-0.39, 0.29) is 12.4 Å². The van der Waals surface area contributed by atoms with Crippen LogP contribution in [0.3, 0.4) is 0 Å². The first-order valence-corrected chi connectivity index (χ1v) is 10.7. The normalized spacial score (nSPS) is 11.8. The van der Waals surface area contributed by atoms with E-state index < -0.39 is 6.10 Å². The lowest BCUT2D eigenvalue weighted by Crippen LogP contribution is -2.20. The summed E-state index contributed by atoms with van der Waals surface area (Å²) in [6.45, 7) is 6.10. The number of thioether (sulfide) groups is 1. The zero-order valence-corrected chi connectivity index (χ0v) is 17.7. The second-order valence-electron chi connectivity index (χ2n) is 6.82. The van der Waals surface area contributed by atoms with Crippen molar-refractivity contribution < 1.29 is 14.6 Å². The third kappa shape index (κ3) is 6.05. The Labute approximate surface area is 180 Å². The lowest BCUT2D eigenvalue weighted by molar-refractivity contribution is 0.101. The first kappa shape index (κ1) is 21.8. The predicted molar refractivity (Wildman–Crippen MR) is 118 cm³/mol. The standard InChI is InChI=1S/C23H25N3O3S/c1-3-13-26-22(14-18-7-5-4-6-8-18)24-25-23(26)30-16-20(28)15-29-21-11-9-19(10-12-21)17(2)27/h3-12,20,28H,1,13-16H2,2H3. The number of carbonyl (C=O) groups is 1. The number of ketones is 1. The van der Waals surface area contributed by atoms with Gasteiger partial charge in [0.1, 0.15) is 18.2 Å². The molecule has 0 spiro atoms. The number of Topliss-reactive ketones (excluding diaryl/α,β-unsaturated/α-hetero) is 1. The Morgan fingerprint density at radius 2 is 1.93 bits per heavy atom. The number of nitrogens with zero attached hydrogens (tertiary/aromatic N) is 3. The fourth-order valence-electron chi connectivity index (χ4n) is 2.84. The van der Waals surface area contributed by atoms with Crippen LogP contribution in [-0.2, 0) is 13.0 Å². The zero-order chi connectivity index (χ0) is 21.3. The molecule has 6 nitrogen and oxygen atoms in total. The predicted octanol–water partition coefficient (Wildman–Crippen LogP) is 3.79. The highest BCUT2D eigenvalue weighted by Crippen LogP contribution is 2.20. The van der Waals surface area contributed by atoms with Gasteiger partial charge in [-0.15, -0.1) is 16.8 Å². The second-order valence-corrected chi connectivity index (χ2v) is 7.80. The third-order valence-electron chi connectivity index (χ3n) is 4.42. The van der Waals surface area contributed by atoms with Crippen LogP contribution in [0.15, 0.2) is 72.4 Å². The average molecular weight is 424 g/mol. The monoisotopic (exact) mass is 423 g/mol. The highest BCUT2D eigenvalue weighted by atomic mass is 32.2. The highest BCUT2D eigenvalue weighted by molar-refractivity contribution is 7.99. The molecule has 0 radical (unpaired) electrons. The van der Waals surface area contributed by atoms with Gasteiger partial charge in [0.2, 0.25) is 0 Å². The van der Waals surface area contributed by atoms with E-state index in [4.69, 9.17) is 4.74 Å². The van der Waals surface area contributed by atoms with Gasteiger partial charge < -0.3 is 14.4 Å². The van der Waals surface area contributed by atoms with Gasteiger partial charge >= 0.3 is 0 Å². The second kappa shape index (κ2) is 10.8. The third-order valence-corrected chi connectivity index (χ3v) is 5.53. The van der Waals surface area contributed by atoms with Crippen LogP contribution in [0.25, 0.3) is 0 Å². The molecule has 1 heterocycles. The fraction of sp³-hybridized carbons (Fsp3) is 0.261. The Kier molecular flexibility index (Phi) is 7.82. The van der Waals surface area contributed by atoms with Gasteiger partial charge in [-0.05, 0) is 36.8 Å². The molecular weight excluding hydrogens is 398 g/mol. The van der Waals surface area contributed by atoms with Gasteiger partial charge in [-0.1, -0.05) is 48.2 Å². The van der Waals surface area contributed by atoms with Crippen molar-refractivity contribution >= 4 is 17.5 Å². The summed E-state index contributed by atoms with van der Waals surface area (Å²) in [6, 6.07) is 17.0. The molecule has 0 amide bonds. The molecule has 1 atom stereocenters. The molecule has 0 bridgehead atoms. The van der Waals surface area contributed by atoms with E-state index in [2.05, 4.69) is 28.9 Å². The molecule has 0 saturated carbocycles. The number of rotatable bonds is 11. The molecule has 0 aliphatic rings. The molecule has 1 aromatic heterocycles. The molecule has 0 fully saturated rings. The van der Waals surface area contributed by atoms with Gasteiger partial charge in [0, 0.05) is 24.3 Å². The molecule has 3 rings (SSSR count). The Balaban J connectivity index is 1.55. The van der Waals surface area contributed by atoms with Crippen molar-refractivity contribution in [3.8, 4) is 5.75 Å². The number of allylic oxidation sites excluding steroid dienone is 1. The summed E-state index contributed by atoms with van der Waals surface area (Å²) in [5.74, 6) is 1.91. The van der Waals surface area contributed by atoms with E-state index in [0.29, 0.717) is 30.0 Å². The maximum Gasteiger partial charge on any atom is 0.191 e. The number of benzene rings is 2. The van der Waals surface area contributed by atoms with Crippen LogP contribution in [0.4, 0.5) is 0 Å². The maximum atomic E-state index is 11.3. The Hall–Kier alpha value is -2.90. The molecule has 156 valence electrons. The smallest absolute Gasteiger partial charge is 0.191 e. The molecule has 3 aromatic rings. The Bertz CT molecular complexity index is 971. The minimum absolute atomic E-state index is 0.00764. The minimum atomic E-state index is -0.672. The number of hydrogen-bond donors (Lipinski definition) is 1. The van der Waals surface area contributed by atoms with E-state index in [1.54, 1.807) is 24.3 Å². The Morgan fingerprint density at radius 3 is 2.60 bits per heavy atom. The van der Waals surface area contributed by atoms with Gasteiger partial charge in [-0.25, -0.2) is 0 Å². The van der Waals surface area contributed by atoms with Gasteiger partial charge in [0.05, 0.1) is 6.10 Å². The van der Waals surface area contributed by atoms with Crippen molar-refractivity contribution in [2.45, 2.75) is 31.1 Å². The number of aliphatic hydroxyl groups is 1. The lowest BCUT2D eigenvalue weighted by atomic mass is 10.1. The van der Waals surface area contributed by atoms with Crippen molar-refractivity contribution in [1.82, 2.24) is 14.8 Å². The molecule has 1 unspecified atom stereocenters. The summed E-state index contributed by atoms with van der Waals surface area (Å²) in [7, 11) is 0. The van der Waals surface area contributed by atoms with Crippen molar-refractivity contribution in [2.24, 2.45) is 0 Å². The van der Waals surface area contributed by atoms with Crippen LogP contribution in [0.5, 0.6) is 5.75 Å². The van der Waals surface area contributed by atoms with E-state index in [9.17, 15) is 9.90 Å². The molecule has 0 saturated heterocycles. The van der Waals surface area contributed by atoms with Crippen LogP contribution < -0.4 is 4.74 Å². The number of aliphatic hydroxyl groups excluding tert-OH is 1. The molecule has 0 aliphatic heterocycles. The lowest BCUT2D eigenvalue weighted by Gasteiger charge is -2.13. The van der Waals surface area contributed by atoms with Gasteiger partial charge in [-0.3, -0.25) is 4.79 Å². The summed E-state index contributed by atoms with van der Waals surface area (Å²) >= 11 is 1.43. The molecule has 30 heavy (non-hydrogen) atoms. The van der Waals surface area contributed by atoms with Crippen molar-refractivity contribution in [3.63, 3.8) is 0 Å². The van der Waals surface area contributed by atoms with Crippen LogP contribution in [-0.4, -0.2) is 44.1 Å². The summed E-state index contributed by atoms with van der Waals surface area (Å²) in [5, 5.41) is 19.7. The largest absolute Gasteiger partial charge is 0.491 e. The van der Waals surface area contributed by atoms with Crippen LogP contribution >= 0.6 is 11.8 Å². The molecule has 2 aromatic carbocycles. The van der Waals surface area contributed by atoms with E-state index >= 15 is 0 Å². The topological polar surface area (TPSA) is 77.2 Å². The average Bonchev–Trinajstić information content (AvgIpc) is 3.13. The molecule has 0 aliphatic carbocycles. The first-order valence-electron chi connectivity index (χ1n) is 9.68. The van der Waals surface area contributed by atoms with Crippen molar-refractivity contribution in [3.05, 3.63) is 84.2 Å². The summed E-state index contributed by atoms with van der Waals surface area (Å²) in [4.78, 5) is 11.3. The molecule has 1 N–H and O–H groups in total. The number of carbonyl (C=O) groups excluding carboxylic acids is 1. The first-order chi connectivity index (χ1) is 14.6. The van der Waals surface area contributed by atoms with Crippen LogP contribution in [0.2, 0.25) is 0 Å². The number of ether oxygens (including phenoxy) is 1. The minimum Gasteiger partial charge on any atom is -0.491 e. The van der Waals surface area contributed by atoms with E-state index in [1.165, 1.54) is 18.7 Å². The van der Waals surface area contributed by atoms with E-state index in [0.717, 1.165) is 16.5 Å². The van der Waals surface area contributed by atoms with Crippen molar-refractivity contribution in [2.75, 3.05) is 12.4 Å². The molecular formula is C23H25N3O3S. The quantitative estimate of drug-likeness (QED) is 0.287. The van der Waals surface area contributed by atoms with Crippen LogP contribution in [0, 0.1) is 0 Å². The van der Waals surface area contributed by atoms with Gasteiger partial charge in [0.25, 0.3) is 0 Å². The zero-order valence-electron chi connectivity index (χ0n) is 16.9. The van der Waals surface area contributed by atoms with Crippen LogP contribution in [0.1, 0.15) is 28.7 Å². The Morgan fingerprint density at radius 1 is 1.20 bits per heavy atom. The van der Waals surface area contributed by atoms with Gasteiger partial charge in [0.15, 0.2) is 10.9 Å². The summed E-state index contributed by atoms with van der Waals surface area (Å²) in [5.41, 5.74) is 1.79. The highest BCUT2D eigenvalue weighted by Gasteiger charge is 2.15. The number of aromatic nitrogens is 3. The maximum absolute atomic E-state index is 11.3. The molecule has 7 heteroatoms. The van der Waals surface area contributed by atoms with Gasteiger partial charge in [-0.2, -0.15) is 0 Å². The summed E-state index contributed by atoms with van der Waals surface area (Å²) < 4.78 is 7.63. The SMILES string of the molecule is C=CCn1c(Cc2ccccc2)nnc1SCC(O)COc1ccc(C(C)=O)cc1. The van der Waals surface area contributed by atoms with E-state index in [1.807, 2.05) is 28.8 Å².